The average Bonchev–Trinajstić information content (AvgIpc) is 3.05. The van der Waals surface area contributed by atoms with E-state index in [4.69, 9.17) is 5.73 Å². The molecule has 4 aromatic rings. The fourth-order valence-electron chi connectivity index (χ4n) is 2.08. The van der Waals surface area contributed by atoms with E-state index in [1.54, 1.807) is 4.52 Å². The van der Waals surface area contributed by atoms with E-state index in [9.17, 15) is 0 Å². The van der Waals surface area contributed by atoms with Crippen LogP contribution in [-0.4, -0.2) is 19.6 Å². The number of anilines is 1. The Morgan fingerprint density at radius 3 is 3.06 bits per heavy atom. The number of aromatic nitrogens is 4. The smallest absolute Gasteiger partial charge is 0.214 e. The summed E-state index contributed by atoms with van der Waals surface area (Å²) in [7, 11) is 0. The summed E-state index contributed by atoms with van der Waals surface area (Å²) in [5, 5.41) is 7.40. The van der Waals surface area contributed by atoms with Crippen molar-refractivity contribution in [2.75, 3.05) is 5.73 Å². The predicted molar refractivity (Wildman–Crippen MR) is 72.6 cm³/mol. The minimum Gasteiger partial charge on any atom is -0.383 e. The highest BCUT2D eigenvalue weighted by Gasteiger charge is 2.13. The Bertz CT molecular complexity index is 854. The molecule has 0 saturated heterocycles. The number of nitrogens with one attached hydrogen (secondary N) is 1. The van der Waals surface area contributed by atoms with E-state index in [0.717, 1.165) is 21.4 Å². The van der Waals surface area contributed by atoms with Gasteiger partial charge in [0, 0.05) is 28.0 Å². The van der Waals surface area contributed by atoms with Crippen LogP contribution in [0, 0.1) is 0 Å². The Morgan fingerprint density at radius 1 is 1.28 bits per heavy atom. The number of fused-ring (bicyclic) bond motifs is 2. The van der Waals surface area contributed by atoms with E-state index in [1.165, 1.54) is 11.3 Å². The van der Waals surface area contributed by atoms with Crippen molar-refractivity contribution in [1.82, 2.24) is 19.6 Å². The van der Waals surface area contributed by atoms with Crippen LogP contribution in [-0.2, 0) is 0 Å². The third-order valence-electron chi connectivity index (χ3n) is 2.94. The summed E-state index contributed by atoms with van der Waals surface area (Å²) in [4.78, 5) is 8.53. The minimum atomic E-state index is 0.619. The highest BCUT2D eigenvalue weighted by molar-refractivity contribution is 7.15. The van der Waals surface area contributed by atoms with Gasteiger partial charge in [0.15, 0.2) is 5.82 Å². The zero-order valence-corrected chi connectivity index (χ0v) is 10.1. The van der Waals surface area contributed by atoms with Gasteiger partial charge in [-0.05, 0) is 6.07 Å². The summed E-state index contributed by atoms with van der Waals surface area (Å²) in [6, 6.07) is 8.09. The number of hydrogen-bond acceptors (Lipinski definition) is 4. The summed E-state index contributed by atoms with van der Waals surface area (Å²) in [5.74, 6) is 1.32. The molecule has 0 spiro atoms. The van der Waals surface area contributed by atoms with Crippen LogP contribution in [0.4, 0.5) is 5.82 Å². The van der Waals surface area contributed by atoms with Crippen LogP contribution in [0.15, 0.2) is 35.8 Å². The first-order valence-corrected chi connectivity index (χ1v) is 6.37. The molecular formula is C12H9N5S. The molecule has 0 aliphatic heterocycles. The zero-order valence-electron chi connectivity index (χ0n) is 9.29. The van der Waals surface area contributed by atoms with Gasteiger partial charge in [0.25, 0.3) is 0 Å². The SMILES string of the molecule is Nc1csc2nc(-c3c[nH]c4ccccc34)nn12. The molecule has 5 nitrogen and oxygen atoms in total. The van der Waals surface area contributed by atoms with Gasteiger partial charge in [0.05, 0.1) is 0 Å². The van der Waals surface area contributed by atoms with Gasteiger partial charge in [0.1, 0.15) is 5.82 Å². The van der Waals surface area contributed by atoms with Gasteiger partial charge in [-0.3, -0.25) is 0 Å². The number of para-hydroxylation sites is 1. The summed E-state index contributed by atoms with van der Waals surface area (Å²) in [6.07, 6.45) is 1.93. The van der Waals surface area contributed by atoms with E-state index in [1.807, 2.05) is 29.8 Å². The standard InChI is InChI=1S/C12H9N5S/c13-10-6-18-12-15-11(16-17(10)12)8-5-14-9-4-2-1-3-7(8)9/h1-6,14H,13H2. The second-order valence-electron chi connectivity index (χ2n) is 4.04. The Kier molecular flexibility index (Phi) is 1.79. The van der Waals surface area contributed by atoms with Gasteiger partial charge < -0.3 is 10.7 Å². The fourth-order valence-corrected chi connectivity index (χ4v) is 2.79. The van der Waals surface area contributed by atoms with Gasteiger partial charge in [-0.15, -0.1) is 16.4 Å². The van der Waals surface area contributed by atoms with Crippen LogP contribution in [0.5, 0.6) is 0 Å². The summed E-state index contributed by atoms with van der Waals surface area (Å²) in [6.45, 7) is 0. The number of nitrogens with two attached hydrogens (primary N) is 1. The molecular weight excluding hydrogens is 246 g/mol. The lowest BCUT2D eigenvalue weighted by molar-refractivity contribution is 0.994. The fraction of sp³-hybridized carbons (Fsp3) is 0. The number of hydrogen-bond donors (Lipinski definition) is 2. The maximum atomic E-state index is 5.82. The lowest BCUT2D eigenvalue weighted by Gasteiger charge is -1.92. The molecule has 88 valence electrons. The van der Waals surface area contributed by atoms with Gasteiger partial charge in [-0.2, -0.15) is 9.50 Å². The van der Waals surface area contributed by atoms with E-state index >= 15 is 0 Å². The van der Waals surface area contributed by atoms with E-state index in [0.29, 0.717) is 11.6 Å². The van der Waals surface area contributed by atoms with Gasteiger partial charge in [-0.1, -0.05) is 18.2 Å². The van der Waals surface area contributed by atoms with Gasteiger partial charge in [-0.25, -0.2) is 0 Å². The molecule has 0 aliphatic rings. The molecule has 0 radical (unpaired) electrons. The summed E-state index contributed by atoms with van der Waals surface area (Å²) >= 11 is 1.49. The van der Waals surface area contributed by atoms with Crippen molar-refractivity contribution in [3.63, 3.8) is 0 Å². The molecule has 0 atom stereocenters. The van der Waals surface area contributed by atoms with Crippen molar-refractivity contribution in [1.29, 1.82) is 0 Å². The van der Waals surface area contributed by atoms with E-state index in [2.05, 4.69) is 21.1 Å². The van der Waals surface area contributed by atoms with Crippen molar-refractivity contribution in [2.24, 2.45) is 0 Å². The summed E-state index contributed by atoms with van der Waals surface area (Å²) < 4.78 is 1.67. The monoisotopic (exact) mass is 255 g/mol. The molecule has 0 unspecified atom stereocenters. The van der Waals surface area contributed by atoms with Gasteiger partial charge >= 0.3 is 0 Å². The molecule has 6 heteroatoms. The zero-order chi connectivity index (χ0) is 12.1. The Balaban J connectivity index is 2.01. The van der Waals surface area contributed by atoms with Crippen molar-refractivity contribution >= 4 is 33.0 Å². The number of H-pyrrole nitrogens is 1. The lowest BCUT2D eigenvalue weighted by Crippen LogP contribution is -1.92. The molecule has 3 N–H and O–H groups in total. The third-order valence-corrected chi connectivity index (χ3v) is 3.77. The van der Waals surface area contributed by atoms with E-state index in [-0.39, 0.29) is 0 Å². The van der Waals surface area contributed by atoms with E-state index < -0.39 is 0 Å². The minimum absolute atomic E-state index is 0.619. The molecule has 0 aliphatic carbocycles. The van der Waals surface area contributed by atoms with Crippen LogP contribution in [0.2, 0.25) is 0 Å². The van der Waals surface area contributed by atoms with Crippen molar-refractivity contribution in [2.45, 2.75) is 0 Å². The average molecular weight is 255 g/mol. The Labute approximate surface area is 106 Å². The number of nitrogen functional groups attached to an aromatic ring is 1. The molecule has 0 saturated carbocycles. The predicted octanol–water partition coefficient (Wildman–Crippen LogP) is 2.52. The number of aromatic amines is 1. The molecule has 0 fully saturated rings. The number of thiazole rings is 1. The maximum absolute atomic E-state index is 5.82. The molecule has 3 heterocycles. The molecule has 0 bridgehead atoms. The van der Waals surface area contributed by atoms with Crippen molar-refractivity contribution < 1.29 is 0 Å². The van der Waals surface area contributed by atoms with Crippen LogP contribution in [0.3, 0.4) is 0 Å². The van der Waals surface area contributed by atoms with Crippen LogP contribution >= 0.6 is 11.3 Å². The maximum Gasteiger partial charge on any atom is 0.214 e. The van der Waals surface area contributed by atoms with Crippen LogP contribution in [0.1, 0.15) is 0 Å². The molecule has 3 aromatic heterocycles. The highest BCUT2D eigenvalue weighted by atomic mass is 32.1. The topological polar surface area (TPSA) is 72.0 Å². The van der Waals surface area contributed by atoms with Crippen LogP contribution in [0.25, 0.3) is 27.3 Å². The van der Waals surface area contributed by atoms with Crippen molar-refractivity contribution in [3.8, 4) is 11.4 Å². The van der Waals surface area contributed by atoms with Crippen LogP contribution < -0.4 is 5.73 Å². The Morgan fingerprint density at radius 2 is 2.17 bits per heavy atom. The first kappa shape index (κ1) is 9.67. The third kappa shape index (κ3) is 1.20. The molecule has 18 heavy (non-hydrogen) atoms. The van der Waals surface area contributed by atoms with Crippen molar-refractivity contribution in [3.05, 3.63) is 35.8 Å². The number of nitrogens with zero attached hydrogens (tertiary/aromatic N) is 3. The van der Waals surface area contributed by atoms with Gasteiger partial charge in [0.2, 0.25) is 4.96 Å². The number of rotatable bonds is 1. The Hall–Kier alpha value is -2.34. The second kappa shape index (κ2) is 3.33. The lowest BCUT2D eigenvalue weighted by atomic mass is 10.2. The first-order chi connectivity index (χ1) is 8.83. The normalized spacial score (nSPS) is 11.6. The largest absolute Gasteiger partial charge is 0.383 e. The quantitative estimate of drug-likeness (QED) is 0.549. The second-order valence-corrected chi connectivity index (χ2v) is 4.87. The molecule has 0 amide bonds. The molecule has 4 rings (SSSR count). The first-order valence-electron chi connectivity index (χ1n) is 5.49. The molecule has 1 aromatic carbocycles. The highest BCUT2D eigenvalue weighted by Crippen LogP contribution is 2.28. The number of benzene rings is 1. The summed E-state index contributed by atoms with van der Waals surface area (Å²) in [5.41, 5.74) is 7.90.